The first-order valence-corrected chi connectivity index (χ1v) is 4.84. The third kappa shape index (κ3) is 3.71. The van der Waals surface area contributed by atoms with Gasteiger partial charge in [-0.25, -0.2) is 0 Å². The minimum atomic E-state index is -4.40. The van der Waals surface area contributed by atoms with Gasteiger partial charge < -0.3 is 9.84 Å². The van der Waals surface area contributed by atoms with Crippen molar-refractivity contribution >= 4 is 15.9 Å². The molecule has 0 atom stereocenters. The molecule has 0 aliphatic rings. The van der Waals surface area contributed by atoms with Crippen molar-refractivity contribution in [3.63, 3.8) is 0 Å². The summed E-state index contributed by atoms with van der Waals surface area (Å²) in [4.78, 5) is 0. The van der Waals surface area contributed by atoms with Crippen LogP contribution in [0.3, 0.4) is 0 Å². The summed E-state index contributed by atoms with van der Waals surface area (Å²) in [5.41, 5.74) is -0.787. The molecule has 0 aliphatic carbocycles. The van der Waals surface area contributed by atoms with Crippen molar-refractivity contribution in [2.24, 2.45) is 0 Å². The highest BCUT2D eigenvalue weighted by Crippen LogP contribution is 2.33. The van der Waals surface area contributed by atoms with E-state index in [9.17, 15) is 13.2 Å². The molecule has 0 aliphatic heterocycles. The normalized spacial score (nSPS) is 11.5. The zero-order chi connectivity index (χ0) is 11.5. The Bertz CT molecular complexity index is 339. The summed E-state index contributed by atoms with van der Waals surface area (Å²) in [5, 5.41) is 8.47. The summed E-state index contributed by atoms with van der Waals surface area (Å²) < 4.78 is 42.2. The Morgan fingerprint density at radius 3 is 2.47 bits per heavy atom. The second kappa shape index (κ2) is 4.85. The number of alkyl halides is 3. The standard InChI is InChI=1S/C9H8BrF3O2/c10-7-3-6(9(11,12)13)4-8(5-7)15-2-1-14/h3-5,14H,1-2H2. The molecule has 15 heavy (non-hydrogen) atoms. The first kappa shape index (κ1) is 12.3. The van der Waals surface area contributed by atoms with Crippen LogP contribution in [0.5, 0.6) is 5.75 Å². The molecule has 0 saturated heterocycles. The lowest BCUT2D eigenvalue weighted by Gasteiger charge is -2.10. The Morgan fingerprint density at radius 1 is 1.27 bits per heavy atom. The molecular formula is C9H8BrF3O2. The van der Waals surface area contributed by atoms with Crippen molar-refractivity contribution in [1.82, 2.24) is 0 Å². The number of aliphatic hydroxyl groups is 1. The second-order valence-corrected chi connectivity index (χ2v) is 3.66. The van der Waals surface area contributed by atoms with Gasteiger partial charge in [-0.2, -0.15) is 13.2 Å². The van der Waals surface area contributed by atoms with Crippen LogP contribution in [0, 0.1) is 0 Å². The van der Waals surface area contributed by atoms with Gasteiger partial charge in [-0.15, -0.1) is 0 Å². The van der Waals surface area contributed by atoms with E-state index in [1.54, 1.807) is 0 Å². The molecule has 0 saturated carbocycles. The fourth-order valence-corrected chi connectivity index (χ4v) is 1.45. The SMILES string of the molecule is OCCOc1cc(Br)cc(C(F)(F)F)c1. The van der Waals surface area contributed by atoms with Crippen LogP contribution in [0.1, 0.15) is 5.56 Å². The monoisotopic (exact) mass is 284 g/mol. The van der Waals surface area contributed by atoms with Crippen molar-refractivity contribution in [3.8, 4) is 5.75 Å². The molecule has 0 bridgehead atoms. The van der Waals surface area contributed by atoms with Gasteiger partial charge in [-0.3, -0.25) is 0 Å². The van der Waals surface area contributed by atoms with E-state index < -0.39 is 11.7 Å². The summed E-state index contributed by atoms with van der Waals surface area (Å²) in [7, 11) is 0. The van der Waals surface area contributed by atoms with Crippen LogP contribution >= 0.6 is 15.9 Å². The van der Waals surface area contributed by atoms with Gasteiger partial charge in [0.15, 0.2) is 0 Å². The zero-order valence-electron chi connectivity index (χ0n) is 7.51. The summed E-state index contributed by atoms with van der Waals surface area (Å²) in [6.45, 7) is -0.276. The molecule has 0 heterocycles. The Balaban J connectivity index is 2.95. The molecule has 1 N–H and O–H groups in total. The van der Waals surface area contributed by atoms with Gasteiger partial charge in [-0.05, 0) is 18.2 Å². The fourth-order valence-electron chi connectivity index (χ4n) is 0.973. The Labute approximate surface area is 92.8 Å². The molecule has 1 aromatic carbocycles. The third-order valence-electron chi connectivity index (χ3n) is 1.56. The molecule has 1 aromatic rings. The van der Waals surface area contributed by atoms with Crippen LogP contribution in [0.4, 0.5) is 13.2 Å². The lowest BCUT2D eigenvalue weighted by molar-refractivity contribution is -0.137. The van der Waals surface area contributed by atoms with Gasteiger partial charge in [0.2, 0.25) is 0 Å². The van der Waals surface area contributed by atoms with Crippen LogP contribution < -0.4 is 4.74 Å². The topological polar surface area (TPSA) is 29.5 Å². The number of aliphatic hydroxyl groups excluding tert-OH is 1. The molecule has 0 radical (unpaired) electrons. The molecule has 0 fully saturated rings. The molecule has 0 aromatic heterocycles. The number of hydrogen-bond donors (Lipinski definition) is 1. The predicted octanol–water partition coefficient (Wildman–Crippen LogP) is 2.84. The Hall–Kier alpha value is -0.750. The average Bonchev–Trinajstić information content (AvgIpc) is 2.12. The Kier molecular flexibility index (Phi) is 3.98. The number of rotatable bonds is 3. The van der Waals surface area contributed by atoms with E-state index in [-0.39, 0.29) is 23.4 Å². The fraction of sp³-hybridized carbons (Fsp3) is 0.333. The van der Waals surface area contributed by atoms with E-state index in [0.717, 1.165) is 12.1 Å². The Morgan fingerprint density at radius 2 is 1.93 bits per heavy atom. The van der Waals surface area contributed by atoms with Crippen LogP contribution in [0.25, 0.3) is 0 Å². The summed E-state index contributed by atoms with van der Waals surface area (Å²) in [5.74, 6) is 0.0748. The number of hydrogen-bond acceptors (Lipinski definition) is 2. The minimum Gasteiger partial charge on any atom is -0.491 e. The molecule has 2 nitrogen and oxygen atoms in total. The molecular weight excluding hydrogens is 277 g/mol. The smallest absolute Gasteiger partial charge is 0.416 e. The van der Waals surface area contributed by atoms with Gasteiger partial charge in [-0.1, -0.05) is 15.9 Å². The molecule has 1 rings (SSSR count). The van der Waals surface area contributed by atoms with E-state index in [0.29, 0.717) is 0 Å². The molecule has 0 spiro atoms. The van der Waals surface area contributed by atoms with Gasteiger partial charge in [0.25, 0.3) is 0 Å². The van der Waals surface area contributed by atoms with E-state index in [1.807, 2.05) is 0 Å². The first-order valence-electron chi connectivity index (χ1n) is 4.05. The van der Waals surface area contributed by atoms with Crippen molar-refractivity contribution in [2.45, 2.75) is 6.18 Å². The average molecular weight is 285 g/mol. The summed E-state index contributed by atoms with van der Waals surface area (Å²) >= 11 is 2.95. The van der Waals surface area contributed by atoms with E-state index in [1.165, 1.54) is 6.07 Å². The van der Waals surface area contributed by atoms with Crippen molar-refractivity contribution in [2.75, 3.05) is 13.2 Å². The van der Waals surface area contributed by atoms with E-state index in [4.69, 9.17) is 9.84 Å². The third-order valence-corrected chi connectivity index (χ3v) is 2.02. The number of benzene rings is 1. The zero-order valence-corrected chi connectivity index (χ0v) is 9.10. The van der Waals surface area contributed by atoms with Crippen molar-refractivity contribution in [3.05, 3.63) is 28.2 Å². The first-order chi connectivity index (χ1) is 6.93. The maximum atomic E-state index is 12.3. The van der Waals surface area contributed by atoms with Crippen LogP contribution in [-0.4, -0.2) is 18.3 Å². The van der Waals surface area contributed by atoms with Gasteiger partial charge in [0.1, 0.15) is 12.4 Å². The predicted molar refractivity (Wildman–Crippen MR) is 51.7 cm³/mol. The molecule has 0 unspecified atom stereocenters. The molecule has 6 heteroatoms. The molecule has 0 amide bonds. The van der Waals surface area contributed by atoms with Gasteiger partial charge in [0, 0.05) is 4.47 Å². The van der Waals surface area contributed by atoms with Crippen molar-refractivity contribution < 1.29 is 23.0 Å². The quantitative estimate of drug-likeness (QED) is 0.925. The lowest BCUT2D eigenvalue weighted by atomic mass is 10.2. The summed E-state index contributed by atoms with van der Waals surface area (Å²) in [6, 6.07) is 3.26. The van der Waals surface area contributed by atoms with Crippen molar-refractivity contribution in [1.29, 1.82) is 0 Å². The van der Waals surface area contributed by atoms with E-state index in [2.05, 4.69) is 15.9 Å². The maximum Gasteiger partial charge on any atom is 0.416 e. The largest absolute Gasteiger partial charge is 0.491 e. The lowest BCUT2D eigenvalue weighted by Crippen LogP contribution is -2.07. The minimum absolute atomic E-state index is 0.0340. The van der Waals surface area contributed by atoms with Crippen LogP contribution in [0.2, 0.25) is 0 Å². The maximum absolute atomic E-state index is 12.3. The van der Waals surface area contributed by atoms with Gasteiger partial charge in [0.05, 0.1) is 12.2 Å². The van der Waals surface area contributed by atoms with Crippen LogP contribution in [0.15, 0.2) is 22.7 Å². The molecule has 84 valence electrons. The highest BCUT2D eigenvalue weighted by molar-refractivity contribution is 9.10. The highest BCUT2D eigenvalue weighted by Gasteiger charge is 2.31. The summed E-state index contributed by atoms with van der Waals surface area (Å²) in [6.07, 6.45) is -4.40. The number of halogens is 4. The highest BCUT2D eigenvalue weighted by atomic mass is 79.9. The van der Waals surface area contributed by atoms with E-state index >= 15 is 0 Å². The second-order valence-electron chi connectivity index (χ2n) is 2.75. The van der Waals surface area contributed by atoms with Crippen LogP contribution in [-0.2, 0) is 6.18 Å². The number of ether oxygens (including phenoxy) is 1. The van der Waals surface area contributed by atoms with Gasteiger partial charge >= 0.3 is 6.18 Å².